The minimum Gasteiger partial charge on any atom is -0.496 e. The molecule has 1 aromatic carbocycles. The number of hydrogen-bond donors (Lipinski definition) is 1. The highest BCUT2D eigenvalue weighted by Crippen LogP contribution is 2.33. The van der Waals surface area contributed by atoms with Crippen molar-refractivity contribution < 1.29 is 9.53 Å². The summed E-state index contributed by atoms with van der Waals surface area (Å²) in [5, 5.41) is 3.40. The van der Waals surface area contributed by atoms with Gasteiger partial charge >= 0.3 is 0 Å². The molecule has 0 radical (unpaired) electrons. The number of Topliss-reactive ketones (excluding diaryl/α,β-unsaturated/α-hetero) is 1. The first kappa shape index (κ1) is 14.0. The number of likely N-dealkylation sites (N-methyl/N-ethyl adjacent to an activating group) is 1. The molecule has 0 saturated heterocycles. The zero-order valence-corrected chi connectivity index (χ0v) is 11.4. The first-order valence-electron chi connectivity index (χ1n) is 5.56. The van der Waals surface area contributed by atoms with Crippen LogP contribution in [0.5, 0.6) is 5.75 Å². The predicted octanol–water partition coefficient (Wildman–Crippen LogP) is 2.87. The van der Waals surface area contributed by atoms with E-state index < -0.39 is 0 Å². The van der Waals surface area contributed by atoms with Crippen molar-refractivity contribution in [3.8, 4) is 5.75 Å². The Hall–Kier alpha value is -1.06. The van der Waals surface area contributed by atoms with Crippen molar-refractivity contribution in [1.82, 2.24) is 5.32 Å². The Bertz CT molecular complexity index is 416. The lowest BCUT2D eigenvalue weighted by molar-refractivity contribution is 0.0990. The number of carbonyl (C=O) groups excluding carboxylic acids is 1. The Morgan fingerprint density at radius 3 is 2.59 bits per heavy atom. The fourth-order valence-electron chi connectivity index (χ4n) is 1.73. The molecule has 0 fully saturated rings. The number of methoxy groups -OCH3 is 1. The normalized spacial score (nSPS) is 10.7. The molecule has 0 atom stereocenters. The van der Waals surface area contributed by atoms with Crippen LogP contribution >= 0.6 is 11.6 Å². The minimum absolute atomic E-state index is 0.0197. The maximum Gasteiger partial charge on any atom is 0.180 e. The summed E-state index contributed by atoms with van der Waals surface area (Å²) in [5.74, 6) is 0.864. The van der Waals surface area contributed by atoms with E-state index in [1.54, 1.807) is 20.2 Å². The summed E-state index contributed by atoms with van der Waals surface area (Å²) in [7, 11) is 3.31. The average Bonchev–Trinajstić information content (AvgIpc) is 2.28. The number of rotatable bonds is 5. The van der Waals surface area contributed by atoms with Crippen molar-refractivity contribution in [2.45, 2.75) is 19.8 Å². The van der Waals surface area contributed by atoms with E-state index in [1.165, 1.54) is 0 Å². The van der Waals surface area contributed by atoms with E-state index in [1.807, 2.05) is 19.9 Å². The summed E-state index contributed by atoms with van der Waals surface area (Å²) < 4.78 is 5.35. The van der Waals surface area contributed by atoms with E-state index in [0.717, 1.165) is 5.56 Å². The largest absolute Gasteiger partial charge is 0.496 e. The molecule has 0 unspecified atom stereocenters. The molecule has 3 nitrogen and oxygen atoms in total. The molecule has 0 bridgehead atoms. The van der Waals surface area contributed by atoms with Crippen LogP contribution in [-0.4, -0.2) is 26.5 Å². The van der Waals surface area contributed by atoms with Crippen molar-refractivity contribution >= 4 is 17.4 Å². The first-order chi connectivity index (χ1) is 8.01. The van der Waals surface area contributed by atoms with Crippen LogP contribution < -0.4 is 10.1 Å². The molecule has 94 valence electrons. The summed E-state index contributed by atoms with van der Waals surface area (Å²) in [5.41, 5.74) is 1.50. The van der Waals surface area contributed by atoms with Crippen LogP contribution in [0, 0.1) is 0 Å². The van der Waals surface area contributed by atoms with Gasteiger partial charge in [0.05, 0.1) is 19.2 Å². The SMILES string of the molecule is CNCC(=O)c1cc(Cl)cc(C(C)C)c1OC. The lowest BCUT2D eigenvalue weighted by Gasteiger charge is -2.16. The molecule has 1 aromatic rings. The Morgan fingerprint density at radius 2 is 2.12 bits per heavy atom. The van der Waals surface area contributed by atoms with Gasteiger partial charge in [-0.05, 0) is 30.7 Å². The lowest BCUT2D eigenvalue weighted by atomic mass is 9.97. The zero-order chi connectivity index (χ0) is 13.0. The molecule has 0 heterocycles. The van der Waals surface area contributed by atoms with Gasteiger partial charge in [0.15, 0.2) is 5.78 Å². The fourth-order valence-corrected chi connectivity index (χ4v) is 1.96. The number of carbonyl (C=O) groups is 1. The van der Waals surface area contributed by atoms with Crippen LogP contribution in [0.4, 0.5) is 0 Å². The molecule has 17 heavy (non-hydrogen) atoms. The Morgan fingerprint density at radius 1 is 1.47 bits per heavy atom. The summed E-state index contributed by atoms with van der Waals surface area (Å²) in [6, 6.07) is 3.51. The molecule has 0 aromatic heterocycles. The van der Waals surface area contributed by atoms with Gasteiger partial charge in [-0.1, -0.05) is 25.4 Å². The second-order valence-corrected chi connectivity index (χ2v) is 4.62. The minimum atomic E-state index is -0.0197. The van der Waals surface area contributed by atoms with Gasteiger partial charge in [0.1, 0.15) is 5.75 Å². The summed E-state index contributed by atoms with van der Waals surface area (Å²) in [6.45, 7) is 4.36. The van der Waals surface area contributed by atoms with Crippen molar-refractivity contribution in [1.29, 1.82) is 0 Å². The van der Waals surface area contributed by atoms with Gasteiger partial charge in [-0.25, -0.2) is 0 Å². The summed E-state index contributed by atoms with van der Waals surface area (Å²) in [4.78, 5) is 12.0. The van der Waals surface area contributed by atoms with E-state index in [9.17, 15) is 4.79 Å². The van der Waals surface area contributed by atoms with E-state index in [4.69, 9.17) is 16.3 Å². The van der Waals surface area contributed by atoms with Gasteiger partial charge in [-0.2, -0.15) is 0 Å². The van der Waals surface area contributed by atoms with Crippen molar-refractivity contribution in [3.05, 3.63) is 28.3 Å². The Kier molecular flexibility index (Phi) is 4.97. The highest BCUT2D eigenvalue weighted by atomic mass is 35.5. The standard InChI is InChI=1S/C13H18ClNO2/c1-8(2)10-5-9(14)6-11(13(10)17-4)12(16)7-15-3/h5-6,8,15H,7H2,1-4H3. The second kappa shape index (κ2) is 6.03. The number of ketones is 1. The Labute approximate surface area is 107 Å². The molecule has 1 N–H and O–H groups in total. The van der Waals surface area contributed by atoms with Crippen LogP contribution in [0.15, 0.2) is 12.1 Å². The van der Waals surface area contributed by atoms with E-state index in [2.05, 4.69) is 5.32 Å². The molecule has 0 aliphatic carbocycles. The number of halogens is 1. The monoisotopic (exact) mass is 255 g/mol. The van der Waals surface area contributed by atoms with Gasteiger partial charge < -0.3 is 10.1 Å². The van der Waals surface area contributed by atoms with Gasteiger partial charge in [-0.3, -0.25) is 4.79 Å². The highest BCUT2D eigenvalue weighted by molar-refractivity contribution is 6.31. The van der Waals surface area contributed by atoms with Gasteiger partial charge in [-0.15, -0.1) is 0 Å². The third-order valence-corrected chi connectivity index (χ3v) is 2.76. The topological polar surface area (TPSA) is 38.3 Å². The van der Waals surface area contributed by atoms with Crippen molar-refractivity contribution in [2.24, 2.45) is 0 Å². The van der Waals surface area contributed by atoms with E-state index in [0.29, 0.717) is 16.3 Å². The van der Waals surface area contributed by atoms with E-state index >= 15 is 0 Å². The van der Waals surface area contributed by atoms with Crippen LogP contribution in [0.1, 0.15) is 35.7 Å². The average molecular weight is 256 g/mol. The first-order valence-corrected chi connectivity index (χ1v) is 5.94. The second-order valence-electron chi connectivity index (χ2n) is 4.18. The van der Waals surface area contributed by atoms with Crippen LogP contribution in [0.25, 0.3) is 0 Å². The third-order valence-electron chi connectivity index (χ3n) is 2.55. The van der Waals surface area contributed by atoms with Crippen LogP contribution in [0.2, 0.25) is 5.02 Å². The maximum atomic E-state index is 12.0. The van der Waals surface area contributed by atoms with E-state index in [-0.39, 0.29) is 18.2 Å². The highest BCUT2D eigenvalue weighted by Gasteiger charge is 2.18. The fraction of sp³-hybridized carbons (Fsp3) is 0.462. The molecule has 0 amide bonds. The quantitative estimate of drug-likeness (QED) is 0.823. The molecular formula is C13H18ClNO2. The molecule has 4 heteroatoms. The summed E-state index contributed by atoms with van der Waals surface area (Å²) in [6.07, 6.45) is 0. The smallest absolute Gasteiger partial charge is 0.180 e. The van der Waals surface area contributed by atoms with Crippen molar-refractivity contribution in [3.63, 3.8) is 0 Å². The van der Waals surface area contributed by atoms with Gasteiger partial charge in [0.25, 0.3) is 0 Å². The predicted molar refractivity (Wildman–Crippen MR) is 70.4 cm³/mol. The zero-order valence-electron chi connectivity index (χ0n) is 10.6. The lowest BCUT2D eigenvalue weighted by Crippen LogP contribution is -2.19. The number of nitrogens with one attached hydrogen (secondary N) is 1. The maximum absolute atomic E-state index is 12.0. The number of benzene rings is 1. The van der Waals surface area contributed by atoms with Crippen molar-refractivity contribution in [2.75, 3.05) is 20.7 Å². The molecular weight excluding hydrogens is 238 g/mol. The molecule has 0 aliphatic rings. The van der Waals surface area contributed by atoms with Gasteiger partial charge in [0.2, 0.25) is 0 Å². The molecule has 0 aliphatic heterocycles. The Balaban J connectivity index is 3.32. The number of hydrogen-bond acceptors (Lipinski definition) is 3. The third kappa shape index (κ3) is 3.20. The van der Waals surface area contributed by atoms with Crippen LogP contribution in [-0.2, 0) is 0 Å². The van der Waals surface area contributed by atoms with Gasteiger partial charge in [0, 0.05) is 5.02 Å². The van der Waals surface area contributed by atoms with Crippen LogP contribution in [0.3, 0.4) is 0 Å². The molecule has 0 spiro atoms. The molecule has 1 rings (SSSR count). The number of ether oxygens (including phenoxy) is 1. The molecule has 0 saturated carbocycles. The summed E-state index contributed by atoms with van der Waals surface area (Å²) >= 11 is 6.04.